The fourth-order valence-corrected chi connectivity index (χ4v) is 3.02. The Bertz CT molecular complexity index is 699. The van der Waals surface area contributed by atoms with E-state index in [1.54, 1.807) is 14.2 Å². The van der Waals surface area contributed by atoms with Crippen molar-refractivity contribution in [2.24, 2.45) is 0 Å². The molecule has 1 saturated heterocycles. The van der Waals surface area contributed by atoms with Gasteiger partial charge < -0.3 is 24.2 Å². The van der Waals surface area contributed by atoms with Gasteiger partial charge in [-0.1, -0.05) is 5.16 Å². The summed E-state index contributed by atoms with van der Waals surface area (Å²) in [5.74, 6) is 1.44. The van der Waals surface area contributed by atoms with Gasteiger partial charge in [0, 0.05) is 25.3 Å². The predicted molar refractivity (Wildman–Crippen MR) is 92.3 cm³/mol. The van der Waals surface area contributed by atoms with Crippen LogP contribution < -0.4 is 10.1 Å². The van der Waals surface area contributed by atoms with Crippen molar-refractivity contribution in [2.45, 2.75) is 25.4 Å². The minimum Gasteiger partial charge on any atom is -0.497 e. The zero-order valence-electron chi connectivity index (χ0n) is 14.5. The van der Waals surface area contributed by atoms with Gasteiger partial charge in [0.25, 0.3) is 0 Å². The number of amides is 2. The van der Waals surface area contributed by atoms with Crippen LogP contribution in [0.2, 0.25) is 0 Å². The second-order valence-electron chi connectivity index (χ2n) is 6.01. The number of likely N-dealkylation sites (tertiary alicyclic amines) is 1. The number of hydrogen-bond donors (Lipinski definition) is 1. The van der Waals surface area contributed by atoms with Crippen LogP contribution in [-0.2, 0) is 11.3 Å². The maximum atomic E-state index is 12.3. The molecule has 0 bridgehead atoms. The van der Waals surface area contributed by atoms with Crippen molar-refractivity contribution in [3.8, 4) is 17.1 Å². The van der Waals surface area contributed by atoms with Gasteiger partial charge in [-0.2, -0.15) is 0 Å². The van der Waals surface area contributed by atoms with Crippen molar-refractivity contribution in [3.63, 3.8) is 0 Å². The molecule has 25 heavy (non-hydrogen) atoms. The summed E-state index contributed by atoms with van der Waals surface area (Å²) < 4.78 is 15.7. The summed E-state index contributed by atoms with van der Waals surface area (Å²) in [6.07, 6.45) is 1.99. The number of nitrogens with one attached hydrogen (secondary N) is 1. The number of rotatable bonds is 6. The third kappa shape index (κ3) is 4.11. The summed E-state index contributed by atoms with van der Waals surface area (Å²) in [5.41, 5.74) is 1.59. The van der Waals surface area contributed by atoms with Crippen molar-refractivity contribution < 1.29 is 18.8 Å². The highest BCUT2D eigenvalue weighted by Gasteiger charge is 2.28. The van der Waals surface area contributed by atoms with Crippen LogP contribution in [0.25, 0.3) is 11.3 Å². The summed E-state index contributed by atoms with van der Waals surface area (Å²) in [5, 5.41) is 6.93. The summed E-state index contributed by atoms with van der Waals surface area (Å²) in [6.45, 7) is 1.66. The lowest BCUT2D eigenvalue weighted by molar-refractivity contribution is 0.123. The maximum absolute atomic E-state index is 12.3. The van der Waals surface area contributed by atoms with E-state index in [0.29, 0.717) is 24.6 Å². The van der Waals surface area contributed by atoms with Crippen LogP contribution in [0.4, 0.5) is 4.79 Å². The van der Waals surface area contributed by atoms with Crippen LogP contribution in [0.1, 0.15) is 18.5 Å². The molecule has 0 radical (unpaired) electrons. The smallest absolute Gasteiger partial charge is 0.318 e. The Balaban J connectivity index is 1.57. The first kappa shape index (κ1) is 17.3. The Labute approximate surface area is 146 Å². The van der Waals surface area contributed by atoms with Crippen molar-refractivity contribution in [1.82, 2.24) is 15.4 Å². The molecule has 0 saturated carbocycles. The van der Waals surface area contributed by atoms with E-state index < -0.39 is 0 Å². The molecule has 1 aliphatic rings. The molecule has 3 rings (SSSR count). The summed E-state index contributed by atoms with van der Waals surface area (Å²) >= 11 is 0. The highest BCUT2D eigenvalue weighted by atomic mass is 16.5. The van der Waals surface area contributed by atoms with Gasteiger partial charge >= 0.3 is 6.03 Å². The second-order valence-corrected chi connectivity index (χ2v) is 6.01. The fraction of sp³-hybridized carbons (Fsp3) is 0.444. The Morgan fingerprint density at radius 2 is 2.16 bits per heavy atom. The molecule has 2 heterocycles. The van der Waals surface area contributed by atoms with Crippen molar-refractivity contribution in [2.75, 3.05) is 27.4 Å². The molecule has 1 aromatic heterocycles. The lowest BCUT2D eigenvalue weighted by Gasteiger charge is -2.24. The molecule has 7 heteroatoms. The van der Waals surface area contributed by atoms with Crippen LogP contribution in [0, 0.1) is 0 Å². The van der Waals surface area contributed by atoms with Crippen molar-refractivity contribution >= 4 is 6.03 Å². The predicted octanol–water partition coefficient (Wildman–Crippen LogP) is 2.67. The Morgan fingerprint density at radius 1 is 1.36 bits per heavy atom. The van der Waals surface area contributed by atoms with Gasteiger partial charge in [0.05, 0.1) is 26.3 Å². The molecule has 7 nitrogen and oxygen atoms in total. The molecule has 1 N–H and O–H groups in total. The van der Waals surface area contributed by atoms with E-state index in [1.165, 1.54) is 0 Å². The lowest BCUT2D eigenvalue weighted by atomic mass is 10.1. The quantitative estimate of drug-likeness (QED) is 0.871. The summed E-state index contributed by atoms with van der Waals surface area (Å²) in [6, 6.07) is 9.43. The molecule has 0 spiro atoms. The molecular formula is C18H23N3O4. The van der Waals surface area contributed by atoms with Crippen LogP contribution >= 0.6 is 0 Å². The van der Waals surface area contributed by atoms with Gasteiger partial charge in [-0.05, 0) is 37.1 Å². The average molecular weight is 345 g/mol. The minimum atomic E-state index is -0.0893. The molecule has 134 valence electrons. The molecule has 1 aliphatic heterocycles. The largest absolute Gasteiger partial charge is 0.497 e. The molecule has 2 amide bonds. The Hall–Kier alpha value is -2.54. The van der Waals surface area contributed by atoms with E-state index in [-0.39, 0.29) is 12.1 Å². The van der Waals surface area contributed by atoms with Crippen molar-refractivity contribution in [3.05, 3.63) is 36.0 Å². The van der Waals surface area contributed by atoms with Crippen LogP contribution in [0.5, 0.6) is 5.75 Å². The number of urea groups is 1. The van der Waals surface area contributed by atoms with Gasteiger partial charge in [0.2, 0.25) is 0 Å². The average Bonchev–Trinajstić information content (AvgIpc) is 3.30. The van der Waals surface area contributed by atoms with E-state index in [4.69, 9.17) is 14.0 Å². The van der Waals surface area contributed by atoms with Crippen LogP contribution in [-0.4, -0.2) is 49.5 Å². The first-order valence-electron chi connectivity index (χ1n) is 8.34. The zero-order chi connectivity index (χ0) is 17.6. The number of nitrogens with zero attached hydrogens (tertiary/aromatic N) is 2. The van der Waals surface area contributed by atoms with E-state index in [2.05, 4.69) is 10.5 Å². The van der Waals surface area contributed by atoms with Crippen molar-refractivity contribution in [1.29, 1.82) is 0 Å². The topological polar surface area (TPSA) is 76.8 Å². The minimum absolute atomic E-state index is 0.0893. The van der Waals surface area contributed by atoms with Gasteiger partial charge in [-0.3, -0.25) is 0 Å². The Morgan fingerprint density at radius 3 is 2.88 bits per heavy atom. The highest BCUT2D eigenvalue weighted by Crippen LogP contribution is 2.23. The second kappa shape index (κ2) is 8.02. The molecule has 1 atom stereocenters. The molecule has 0 aliphatic carbocycles. The summed E-state index contributed by atoms with van der Waals surface area (Å²) in [4.78, 5) is 14.2. The normalized spacial score (nSPS) is 16.9. The number of carbonyl (C=O) groups excluding carboxylic acids is 1. The number of ether oxygens (including phenoxy) is 2. The molecule has 1 fully saturated rings. The molecule has 2 aromatic rings. The van der Waals surface area contributed by atoms with Gasteiger partial charge in [0.15, 0.2) is 5.76 Å². The standard InChI is InChI=1S/C18H23N3O4/c1-23-12-15-4-3-9-21(15)18(22)19-11-14-10-17(25-20-14)13-5-7-16(24-2)8-6-13/h5-8,10,15H,3-4,9,11-12H2,1-2H3,(H,19,22)/t15-/m0/s1. The number of hydrogen-bond acceptors (Lipinski definition) is 5. The van der Waals surface area contributed by atoms with E-state index in [9.17, 15) is 4.79 Å². The molecule has 1 aromatic carbocycles. The van der Waals surface area contributed by atoms with Gasteiger partial charge in [-0.15, -0.1) is 0 Å². The molecule has 0 unspecified atom stereocenters. The Kier molecular flexibility index (Phi) is 5.55. The maximum Gasteiger partial charge on any atom is 0.318 e. The third-order valence-electron chi connectivity index (χ3n) is 4.35. The zero-order valence-corrected chi connectivity index (χ0v) is 14.5. The monoisotopic (exact) mass is 345 g/mol. The first-order valence-corrected chi connectivity index (χ1v) is 8.34. The lowest BCUT2D eigenvalue weighted by Crippen LogP contribution is -2.44. The highest BCUT2D eigenvalue weighted by molar-refractivity contribution is 5.74. The number of methoxy groups -OCH3 is 2. The van der Waals surface area contributed by atoms with E-state index in [1.807, 2.05) is 35.2 Å². The summed E-state index contributed by atoms with van der Waals surface area (Å²) in [7, 11) is 3.28. The van der Waals surface area contributed by atoms with Gasteiger partial charge in [-0.25, -0.2) is 4.79 Å². The third-order valence-corrected chi connectivity index (χ3v) is 4.35. The number of carbonyl (C=O) groups is 1. The number of benzene rings is 1. The van der Waals surface area contributed by atoms with E-state index in [0.717, 1.165) is 30.7 Å². The van der Waals surface area contributed by atoms with Crippen LogP contribution in [0.3, 0.4) is 0 Å². The molecular weight excluding hydrogens is 322 g/mol. The van der Waals surface area contributed by atoms with Gasteiger partial charge in [0.1, 0.15) is 11.4 Å². The number of aromatic nitrogens is 1. The SMILES string of the molecule is COC[C@@H]1CCCN1C(=O)NCc1cc(-c2ccc(OC)cc2)on1. The fourth-order valence-electron chi connectivity index (χ4n) is 3.02. The van der Waals surface area contributed by atoms with Crippen LogP contribution in [0.15, 0.2) is 34.9 Å². The first-order chi connectivity index (χ1) is 12.2. The van der Waals surface area contributed by atoms with E-state index >= 15 is 0 Å².